The minimum Gasteiger partial charge on any atom is -0.382 e. The molecule has 2 rings (SSSR count). The van der Waals surface area contributed by atoms with Crippen molar-refractivity contribution < 1.29 is 9.53 Å². The number of para-hydroxylation sites is 1. The fourth-order valence-electron chi connectivity index (χ4n) is 2.34. The molecule has 114 valence electrons. The molecule has 0 unspecified atom stereocenters. The summed E-state index contributed by atoms with van der Waals surface area (Å²) in [6, 6.07) is 6.13. The number of carbonyl (C=O) groups excluding carboxylic acids is 1. The first kappa shape index (κ1) is 15.5. The smallest absolute Gasteiger partial charge is 0.221 e. The molecule has 1 amide bonds. The highest BCUT2D eigenvalue weighted by Gasteiger charge is 2.07. The van der Waals surface area contributed by atoms with E-state index in [0.29, 0.717) is 26.1 Å². The van der Waals surface area contributed by atoms with Gasteiger partial charge >= 0.3 is 0 Å². The Kier molecular flexibility index (Phi) is 5.75. The van der Waals surface area contributed by atoms with E-state index in [2.05, 4.69) is 23.4 Å². The van der Waals surface area contributed by atoms with Gasteiger partial charge < -0.3 is 10.1 Å². The van der Waals surface area contributed by atoms with Crippen molar-refractivity contribution in [2.45, 2.75) is 33.2 Å². The molecule has 5 heteroatoms. The molecule has 0 atom stereocenters. The van der Waals surface area contributed by atoms with Gasteiger partial charge in [0.25, 0.3) is 0 Å². The van der Waals surface area contributed by atoms with E-state index in [1.54, 1.807) is 0 Å². The minimum absolute atomic E-state index is 0.0590. The lowest BCUT2D eigenvalue weighted by atomic mass is 10.2. The highest BCUT2D eigenvalue weighted by atomic mass is 16.5. The van der Waals surface area contributed by atoms with Crippen molar-refractivity contribution in [1.29, 1.82) is 0 Å². The van der Waals surface area contributed by atoms with Gasteiger partial charge in [0.05, 0.1) is 18.3 Å². The van der Waals surface area contributed by atoms with Gasteiger partial charge in [-0.15, -0.1) is 0 Å². The Balaban J connectivity index is 1.80. The molecule has 1 aromatic carbocycles. The van der Waals surface area contributed by atoms with Crippen LogP contribution in [0.25, 0.3) is 10.9 Å². The number of ether oxygens (including phenoxy) is 1. The standard InChI is InChI=1S/C16H23N3O2/c1-3-21-11-5-9-17-15(20)8-10-19-16-13(2)6-4-7-14(16)12-18-19/h4,6-7,12H,3,5,8-11H2,1-2H3,(H,17,20). The van der Waals surface area contributed by atoms with Crippen LogP contribution < -0.4 is 5.32 Å². The van der Waals surface area contributed by atoms with E-state index in [1.165, 1.54) is 5.56 Å². The van der Waals surface area contributed by atoms with Crippen LogP contribution in [-0.4, -0.2) is 35.4 Å². The molecule has 0 bridgehead atoms. The summed E-state index contributed by atoms with van der Waals surface area (Å²) in [6.07, 6.45) is 3.14. The van der Waals surface area contributed by atoms with Crippen molar-refractivity contribution in [3.63, 3.8) is 0 Å². The molecule has 1 N–H and O–H groups in total. The summed E-state index contributed by atoms with van der Waals surface area (Å²) < 4.78 is 7.14. The number of amides is 1. The molecule has 5 nitrogen and oxygen atoms in total. The van der Waals surface area contributed by atoms with Gasteiger partial charge in [-0.25, -0.2) is 0 Å². The number of hydrogen-bond acceptors (Lipinski definition) is 3. The van der Waals surface area contributed by atoms with Crippen LogP contribution in [0.3, 0.4) is 0 Å². The van der Waals surface area contributed by atoms with E-state index in [-0.39, 0.29) is 5.91 Å². The summed E-state index contributed by atoms with van der Waals surface area (Å²) >= 11 is 0. The van der Waals surface area contributed by atoms with Crippen molar-refractivity contribution >= 4 is 16.8 Å². The number of hydrogen-bond donors (Lipinski definition) is 1. The van der Waals surface area contributed by atoms with Crippen molar-refractivity contribution in [2.24, 2.45) is 0 Å². The van der Waals surface area contributed by atoms with Crippen molar-refractivity contribution in [2.75, 3.05) is 19.8 Å². The van der Waals surface area contributed by atoms with Crippen LogP contribution in [0.15, 0.2) is 24.4 Å². The Labute approximate surface area is 125 Å². The molecule has 0 saturated heterocycles. The molecule has 0 spiro atoms. The molecule has 1 heterocycles. The summed E-state index contributed by atoms with van der Waals surface area (Å²) in [5.74, 6) is 0.0590. The molecule has 0 radical (unpaired) electrons. The van der Waals surface area contributed by atoms with Crippen LogP contribution in [-0.2, 0) is 16.1 Å². The maximum Gasteiger partial charge on any atom is 0.221 e. The van der Waals surface area contributed by atoms with Gasteiger partial charge in [-0.05, 0) is 25.8 Å². The molecular formula is C16H23N3O2. The van der Waals surface area contributed by atoms with Crippen LogP contribution in [0.1, 0.15) is 25.3 Å². The topological polar surface area (TPSA) is 56.1 Å². The normalized spacial score (nSPS) is 11.0. The second kappa shape index (κ2) is 7.78. The minimum atomic E-state index is 0.0590. The Morgan fingerprint density at radius 2 is 2.29 bits per heavy atom. The first-order chi connectivity index (χ1) is 10.2. The first-order valence-electron chi connectivity index (χ1n) is 7.48. The zero-order chi connectivity index (χ0) is 15.1. The van der Waals surface area contributed by atoms with E-state index < -0.39 is 0 Å². The third-order valence-corrected chi connectivity index (χ3v) is 3.41. The molecule has 0 saturated carbocycles. The number of aryl methyl sites for hydroxylation is 2. The molecule has 21 heavy (non-hydrogen) atoms. The lowest BCUT2D eigenvalue weighted by Gasteiger charge is -2.07. The molecule has 0 aliphatic rings. The number of carbonyl (C=O) groups is 1. The van der Waals surface area contributed by atoms with Crippen LogP contribution in [0, 0.1) is 6.92 Å². The van der Waals surface area contributed by atoms with E-state index in [0.717, 1.165) is 23.9 Å². The summed E-state index contributed by atoms with van der Waals surface area (Å²) in [6.45, 7) is 6.71. The number of fused-ring (bicyclic) bond motifs is 1. The van der Waals surface area contributed by atoms with Gasteiger partial charge in [-0.2, -0.15) is 5.10 Å². The van der Waals surface area contributed by atoms with Gasteiger partial charge in [0.15, 0.2) is 0 Å². The van der Waals surface area contributed by atoms with E-state index in [1.807, 2.05) is 29.9 Å². The highest BCUT2D eigenvalue weighted by Crippen LogP contribution is 2.17. The van der Waals surface area contributed by atoms with Gasteiger partial charge in [0.1, 0.15) is 0 Å². The number of rotatable bonds is 8. The van der Waals surface area contributed by atoms with Crippen LogP contribution in [0.5, 0.6) is 0 Å². The van der Waals surface area contributed by atoms with E-state index in [4.69, 9.17) is 4.74 Å². The summed E-state index contributed by atoms with van der Waals surface area (Å²) in [7, 11) is 0. The molecule has 0 fully saturated rings. The Hall–Kier alpha value is -1.88. The Bertz CT molecular complexity index is 592. The number of benzene rings is 1. The van der Waals surface area contributed by atoms with Gasteiger partial charge in [-0.1, -0.05) is 18.2 Å². The molecule has 2 aromatic rings. The average molecular weight is 289 g/mol. The van der Waals surface area contributed by atoms with Crippen LogP contribution in [0.2, 0.25) is 0 Å². The van der Waals surface area contributed by atoms with Crippen LogP contribution >= 0.6 is 0 Å². The monoisotopic (exact) mass is 289 g/mol. The fourth-order valence-corrected chi connectivity index (χ4v) is 2.34. The molecule has 1 aromatic heterocycles. The number of aromatic nitrogens is 2. The van der Waals surface area contributed by atoms with Gasteiger partial charge in [0, 0.05) is 31.6 Å². The molecule has 0 aliphatic carbocycles. The molecular weight excluding hydrogens is 266 g/mol. The largest absolute Gasteiger partial charge is 0.382 e. The SMILES string of the molecule is CCOCCCNC(=O)CCn1ncc2cccc(C)c21. The van der Waals surface area contributed by atoms with Crippen molar-refractivity contribution in [3.05, 3.63) is 30.0 Å². The predicted molar refractivity (Wildman–Crippen MR) is 83.2 cm³/mol. The van der Waals surface area contributed by atoms with Gasteiger partial charge in [0.2, 0.25) is 5.91 Å². The fraction of sp³-hybridized carbons (Fsp3) is 0.500. The average Bonchev–Trinajstić information content (AvgIpc) is 2.89. The number of nitrogens with zero attached hydrogens (tertiary/aromatic N) is 2. The Morgan fingerprint density at radius 3 is 3.10 bits per heavy atom. The maximum atomic E-state index is 11.8. The Morgan fingerprint density at radius 1 is 1.43 bits per heavy atom. The maximum absolute atomic E-state index is 11.8. The summed E-state index contributed by atoms with van der Waals surface area (Å²) in [5, 5.41) is 8.39. The van der Waals surface area contributed by atoms with E-state index >= 15 is 0 Å². The lowest BCUT2D eigenvalue weighted by molar-refractivity contribution is -0.121. The van der Waals surface area contributed by atoms with Crippen LogP contribution in [0.4, 0.5) is 0 Å². The second-order valence-corrected chi connectivity index (χ2v) is 5.03. The van der Waals surface area contributed by atoms with E-state index in [9.17, 15) is 4.79 Å². The zero-order valence-corrected chi connectivity index (χ0v) is 12.8. The number of nitrogens with one attached hydrogen (secondary N) is 1. The summed E-state index contributed by atoms with van der Waals surface area (Å²) in [5.41, 5.74) is 2.30. The highest BCUT2D eigenvalue weighted by molar-refractivity contribution is 5.82. The third kappa shape index (κ3) is 4.29. The summed E-state index contributed by atoms with van der Waals surface area (Å²) in [4.78, 5) is 11.8. The lowest BCUT2D eigenvalue weighted by Crippen LogP contribution is -2.26. The quantitative estimate of drug-likeness (QED) is 0.759. The molecule has 0 aliphatic heterocycles. The van der Waals surface area contributed by atoms with Crippen molar-refractivity contribution in [3.8, 4) is 0 Å². The predicted octanol–water partition coefficient (Wildman–Crippen LogP) is 2.28. The first-order valence-corrected chi connectivity index (χ1v) is 7.48. The third-order valence-electron chi connectivity index (χ3n) is 3.41. The second-order valence-electron chi connectivity index (χ2n) is 5.03. The van der Waals surface area contributed by atoms with Gasteiger partial charge in [-0.3, -0.25) is 9.48 Å². The zero-order valence-electron chi connectivity index (χ0n) is 12.8. The van der Waals surface area contributed by atoms with Crippen molar-refractivity contribution in [1.82, 2.24) is 15.1 Å².